The molecule has 1 aliphatic heterocycles. The van der Waals surface area contributed by atoms with Crippen molar-refractivity contribution in [2.45, 2.75) is 37.8 Å². The first-order chi connectivity index (χ1) is 19.2. The van der Waals surface area contributed by atoms with Crippen LogP contribution in [-0.2, 0) is 0 Å². The number of aliphatic hydroxyl groups is 1. The summed E-state index contributed by atoms with van der Waals surface area (Å²) in [6.07, 6.45) is -4.63. The molecule has 1 aliphatic rings. The van der Waals surface area contributed by atoms with Gasteiger partial charge in [-0.05, 0) is 36.8 Å². The molecule has 3 heterocycles. The third-order valence-electron chi connectivity index (χ3n) is 6.60. The van der Waals surface area contributed by atoms with Gasteiger partial charge in [0.05, 0.1) is 11.3 Å². The van der Waals surface area contributed by atoms with Crippen LogP contribution >= 0.6 is 0 Å². The van der Waals surface area contributed by atoms with Crippen molar-refractivity contribution >= 4 is 22.4 Å². The summed E-state index contributed by atoms with van der Waals surface area (Å²) in [5.74, 6) is 1.11. The van der Waals surface area contributed by atoms with Gasteiger partial charge >= 0.3 is 6.18 Å². The molecule has 0 bridgehead atoms. The van der Waals surface area contributed by atoms with Gasteiger partial charge in [-0.3, -0.25) is 0 Å². The Morgan fingerprint density at radius 2 is 1.90 bits per heavy atom. The summed E-state index contributed by atoms with van der Waals surface area (Å²) in [6.45, 7) is 2.09. The number of pyridine rings is 1. The van der Waals surface area contributed by atoms with Crippen LogP contribution in [0.25, 0.3) is 22.0 Å². The number of rotatable bonds is 8. The number of anilines is 2. The maximum absolute atomic E-state index is 13.8. The lowest BCUT2D eigenvalue weighted by Gasteiger charge is -2.26. The van der Waals surface area contributed by atoms with Gasteiger partial charge in [-0.15, -0.1) is 0 Å². The summed E-state index contributed by atoms with van der Waals surface area (Å²) in [5.41, 5.74) is 2.35. The molecule has 40 heavy (non-hydrogen) atoms. The average Bonchev–Trinajstić information content (AvgIpc) is 2.93. The summed E-state index contributed by atoms with van der Waals surface area (Å²) in [6, 6.07) is 13.8. The number of aliphatic hydroxyl groups excluding tert-OH is 1. The minimum Gasteiger partial charge on any atom is -0.437 e. The highest BCUT2D eigenvalue weighted by Gasteiger charge is 2.37. The predicted octanol–water partition coefficient (Wildman–Crippen LogP) is 5.24. The lowest BCUT2D eigenvalue weighted by molar-refractivity contribution is -0.198. The zero-order valence-electron chi connectivity index (χ0n) is 21.5. The van der Waals surface area contributed by atoms with Gasteiger partial charge in [-0.1, -0.05) is 24.3 Å². The number of fused-ring (bicyclic) bond motifs is 1. The standard InChI is InChI=1S/C28H28F4N6O2/c1-16-7-8-19-20(4-2-6-22(19)36-15-24(39)28(30,31)32)25(16)40-26-21(5-3-10-34-26)23-9-11-35-27(38-23)37-18-12-17(29)13-33-14-18/h2-11,17-18,24,33,36,39H,12-15H2,1H3,(H,35,37,38)/t17-,18-,24-/m0/s1. The van der Waals surface area contributed by atoms with E-state index in [1.54, 1.807) is 60.9 Å². The number of benzene rings is 2. The number of halogens is 4. The van der Waals surface area contributed by atoms with Crippen molar-refractivity contribution in [3.05, 3.63) is 66.5 Å². The first-order valence-corrected chi connectivity index (χ1v) is 12.8. The molecule has 1 saturated heterocycles. The van der Waals surface area contributed by atoms with Crippen LogP contribution in [0.15, 0.2) is 60.9 Å². The number of hydrogen-bond acceptors (Lipinski definition) is 8. The molecule has 0 aliphatic carbocycles. The van der Waals surface area contributed by atoms with Crippen LogP contribution in [0.3, 0.4) is 0 Å². The molecule has 2 aromatic heterocycles. The summed E-state index contributed by atoms with van der Waals surface area (Å²) in [5, 5.41) is 19.6. The number of nitrogens with zero attached hydrogens (tertiary/aromatic N) is 3. The Hall–Kier alpha value is -4.03. The molecule has 4 N–H and O–H groups in total. The Kier molecular flexibility index (Phi) is 7.99. The Balaban J connectivity index is 1.43. The first kappa shape index (κ1) is 27.5. The molecule has 210 valence electrons. The fourth-order valence-corrected chi connectivity index (χ4v) is 4.58. The monoisotopic (exact) mass is 556 g/mol. The number of hydrogen-bond donors (Lipinski definition) is 4. The maximum Gasteiger partial charge on any atom is 0.416 e. The minimum atomic E-state index is -4.73. The summed E-state index contributed by atoms with van der Waals surface area (Å²) in [4.78, 5) is 13.3. The fourth-order valence-electron chi connectivity index (χ4n) is 4.58. The van der Waals surface area contributed by atoms with E-state index in [-0.39, 0.29) is 11.9 Å². The molecular weight excluding hydrogens is 528 g/mol. The number of piperidine rings is 1. The lowest BCUT2D eigenvalue weighted by Crippen LogP contribution is -2.44. The van der Waals surface area contributed by atoms with Crippen LogP contribution in [0.4, 0.5) is 29.2 Å². The SMILES string of the molecule is Cc1ccc2c(NC[C@H](O)C(F)(F)F)cccc2c1Oc1ncccc1-c1ccnc(N[C@@H]2CNC[C@@H](F)C2)n1. The Labute approximate surface area is 227 Å². The van der Waals surface area contributed by atoms with Crippen LogP contribution in [0.1, 0.15) is 12.0 Å². The molecule has 2 aromatic carbocycles. The molecule has 3 atom stereocenters. The second-order valence-electron chi connectivity index (χ2n) is 9.61. The molecular formula is C28H28F4N6O2. The number of aryl methyl sites for hydroxylation is 1. The fraction of sp³-hybridized carbons (Fsp3) is 0.321. The van der Waals surface area contributed by atoms with E-state index in [2.05, 4.69) is 30.9 Å². The molecule has 1 fully saturated rings. The van der Waals surface area contributed by atoms with Crippen molar-refractivity contribution in [3.63, 3.8) is 0 Å². The van der Waals surface area contributed by atoms with Crippen LogP contribution in [0, 0.1) is 6.92 Å². The van der Waals surface area contributed by atoms with Crippen molar-refractivity contribution < 1.29 is 27.4 Å². The zero-order chi connectivity index (χ0) is 28.3. The Morgan fingerprint density at radius 1 is 1.05 bits per heavy atom. The van der Waals surface area contributed by atoms with Crippen LogP contribution in [0.2, 0.25) is 0 Å². The van der Waals surface area contributed by atoms with Gasteiger partial charge in [-0.25, -0.2) is 19.3 Å². The van der Waals surface area contributed by atoms with Crippen molar-refractivity contribution in [1.29, 1.82) is 0 Å². The maximum atomic E-state index is 13.8. The topological polar surface area (TPSA) is 104 Å². The normalized spacial score (nSPS) is 18.4. The van der Waals surface area contributed by atoms with Crippen molar-refractivity contribution in [1.82, 2.24) is 20.3 Å². The largest absolute Gasteiger partial charge is 0.437 e. The molecule has 0 amide bonds. The second-order valence-corrected chi connectivity index (χ2v) is 9.61. The second kappa shape index (κ2) is 11.6. The smallest absolute Gasteiger partial charge is 0.416 e. The minimum absolute atomic E-state index is 0.151. The summed E-state index contributed by atoms with van der Waals surface area (Å²) >= 11 is 0. The van der Waals surface area contributed by atoms with Gasteiger partial charge in [-0.2, -0.15) is 13.2 Å². The van der Waals surface area contributed by atoms with E-state index in [4.69, 9.17) is 4.74 Å². The van der Waals surface area contributed by atoms with Crippen molar-refractivity contribution in [2.75, 3.05) is 30.3 Å². The van der Waals surface area contributed by atoms with Crippen molar-refractivity contribution in [2.24, 2.45) is 0 Å². The molecule has 12 heteroatoms. The Bertz CT molecular complexity index is 1490. The van der Waals surface area contributed by atoms with E-state index in [1.165, 1.54) is 0 Å². The van der Waals surface area contributed by atoms with Crippen molar-refractivity contribution in [3.8, 4) is 22.9 Å². The zero-order valence-corrected chi connectivity index (χ0v) is 21.5. The number of alkyl halides is 4. The number of ether oxygens (including phenoxy) is 1. The predicted molar refractivity (Wildman–Crippen MR) is 144 cm³/mol. The van der Waals surface area contributed by atoms with Crippen LogP contribution in [-0.4, -0.2) is 64.2 Å². The van der Waals surface area contributed by atoms with E-state index in [1.807, 2.05) is 6.92 Å². The van der Waals surface area contributed by atoms with Gasteiger partial charge in [0, 0.05) is 61.0 Å². The molecule has 0 spiro atoms. The van der Waals surface area contributed by atoms with E-state index in [0.29, 0.717) is 58.9 Å². The van der Waals surface area contributed by atoms with Gasteiger partial charge in [0.15, 0.2) is 6.10 Å². The third-order valence-corrected chi connectivity index (χ3v) is 6.60. The summed E-state index contributed by atoms with van der Waals surface area (Å²) < 4.78 is 58.6. The highest BCUT2D eigenvalue weighted by Crippen LogP contribution is 2.38. The highest BCUT2D eigenvalue weighted by molar-refractivity contribution is 5.98. The first-order valence-electron chi connectivity index (χ1n) is 12.8. The van der Waals surface area contributed by atoms with Gasteiger partial charge in [0.1, 0.15) is 11.9 Å². The van der Waals surface area contributed by atoms with Gasteiger partial charge < -0.3 is 25.8 Å². The lowest BCUT2D eigenvalue weighted by atomic mass is 10.0. The number of nitrogens with one attached hydrogen (secondary N) is 3. The van der Waals surface area contributed by atoms with Crippen LogP contribution < -0.4 is 20.7 Å². The Morgan fingerprint density at radius 3 is 2.70 bits per heavy atom. The third kappa shape index (κ3) is 6.23. The molecule has 0 radical (unpaired) electrons. The van der Waals surface area contributed by atoms with Crippen LogP contribution in [0.5, 0.6) is 11.6 Å². The average molecular weight is 557 g/mol. The van der Waals surface area contributed by atoms with Gasteiger partial charge in [0.2, 0.25) is 11.8 Å². The van der Waals surface area contributed by atoms with E-state index < -0.39 is 25.0 Å². The highest BCUT2D eigenvalue weighted by atomic mass is 19.4. The molecule has 5 rings (SSSR count). The quantitative estimate of drug-likeness (QED) is 0.219. The molecule has 4 aromatic rings. The molecule has 0 saturated carbocycles. The van der Waals surface area contributed by atoms with E-state index in [0.717, 1.165) is 5.56 Å². The van der Waals surface area contributed by atoms with E-state index >= 15 is 0 Å². The van der Waals surface area contributed by atoms with Gasteiger partial charge in [0.25, 0.3) is 0 Å². The molecule has 0 unspecified atom stereocenters. The van der Waals surface area contributed by atoms with E-state index in [9.17, 15) is 22.7 Å². The summed E-state index contributed by atoms with van der Waals surface area (Å²) in [7, 11) is 0. The molecule has 8 nitrogen and oxygen atoms in total. The number of aromatic nitrogens is 3.